The first-order chi connectivity index (χ1) is 13.2. The first kappa shape index (κ1) is 17.7. The molecule has 0 spiro atoms. The molecule has 8 nitrogen and oxygen atoms in total. The Morgan fingerprint density at radius 3 is 2.81 bits per heavy atom. The first-order valence-corrected chi connectivity index (χ1v) is 9.80. The number of hydrogen-bond acceptors (Lipinski definition) is 7. The molecule has 27 heavy (non-hydrogen) atoms. The minimum atomic E-state index is -0.306. The maximum Gasteiger partial charge on any atom is 0.272 e. The maximum atomic E-state index is 12.8. The summed E-state index contributed by atoms with van der Waals surface area (Å²) in [6, 6.07) is 3.97. The van der Waals surface area contributed by atoms with E-state index < -0.39 is 0 Å². The lowest BCUT2D eigenvalue weighted by Gasteiger charge is -2.23. The van der Waals surface area contributed by atoms with Crippen LogP contribution in [0.2, 0.25) is 0 Å². The van der Waals surface area contributed by atoms with Crippen LogP contribution in [-0.4, -0.2) is 39.7 Å². The Hall–Kier alpha value is -2.68. The molecule has 1 aliphatic carbocycles. The number of nitrogens with one attached hydrogen (secondary N) is 2. The zero-order valence-corrected chi connectivity index (χ0v) is 16.1. The minimum Gasteiger partial charge on any atom is -0.496 e. The molecule has 3 aromatic rings. The number of thiophene rings is 1. The molecule has 2 heterocycles. The van der Waals surface area contributed by atoms with Crippen LogP contribution in [0, 0.1) is 6.92 Å². The number of carbonyl (C=O) groups is 1. The van der Waals surface area contributed by atoms with E-state index in [1.807, 2.05) is 19.1 Å². The predicted octanol–water partition coefficient (Wildman–Crippen LogP) is 3.70. The third kappa shape index (κ3) is 3.59. The predicted molar refractivity (Wildman–Crippen MR) is 103 cm³/mol. The average Bonchev–Trinajstić information content (AvgIpc) is 3.30. The number of ether oxygens (including phenoxy) is 2. The Morgan fingerprint density at radius 1 is 1.30 bits per heavy atom. The zero-order chi connectivity index (χ0) is 18.8. The molecule has 1 aliphatic rings. The second-order valence-electron chi connectivity index (χ2n) is 6.65. The van der Waals surface area contributed by atoms with Crippen molar-refractivity contribution in [3.05, 3.63) is 22.6 Å². The van der Waals surface area contributed by atoms with E-state index in [2.05, 4.69) is 25.9 Å². The van der Waals surface area contributed by atoms with Crippen LogP contribution >= 0.6 is 11.3 Å². The van der Waals surface area contributed by atoms with Gasteiger partial charge >= 0.3 is 0 Å². The van der Waals surface area contributed by atoms with Crippen molar-refractivity contribution < 1.29 is 14.3 Å². The summed E-state index contributed by atoms with van der Waals surface area (Å²) in [5.74, 6) is 1.22. The normalized spacial score (nSPS) is 15.0. The Kier molecular flexibility index (Phi) is 4.93. The molecule has 1 fully saturated rings. The number of tetrazole rings is 1. The lowest BCUT2D eigenvalue weighted by Crippen LogP contribution is -2.21. The van der Waals surface area contributed by atoms with E-state index in [0.717, 1.165) is 47.1 Å². The van der Waals surface area contributed by atoms with Gasteiger partial charge in [0.05, 0.1) is 13.2 Å². The summed E-state index contributed by atoms with van der Waals surface area (Å²) >= 11 is 1.40. The number of benzene rings is 1. The number of nitrogens with zero attached hydrogens (tertiary/aromatic N) is 3. The van der Waals surface area contributed by atoms with Gasteiger partial charge in [-0.1, -0.05) is 11.5 Å². The van der Waals surface area contributed by atoms with Crippen molar-refractivity contribution >= 4 is 33.3 Å². The summed E-state index contributed by atoms with van der Waals surface area (Å²) < 4.78 is 12.8. The van der Waals surface area contributed by atoms with Gasteiger partial charge in [0.1, 0.15) is 10.6 Å². The average molecular weight is 387 g/mol. The highest BCUT2D eigenvalue weighted by Gasteiger charge is 2.25. The van der Waals surface area contributed by atoms with E-state index >= 15 is 0 Å². The largest absolute Gasteiger partial charge is 0.496 e. The van der Waals surface area contributed by atoms with Gasteiger partial charge in [-0.15, -0.1) is 16.4 Å². The van der Waals surface area contributed by atoms with Gasteiger partial charge in [0.15, 0.2) is 5.75 Å². The summed E-state index contributed by atoms with van der Waals surface area (Å²) in [6.07, 6.45) is 5.68. The number of aromatic nitrogens is 4. The molecule has 1 amide bonds. The van der Waals surface area contributed by atoms with Crippen molar-refractivity contribution in [2.75, 3.05) is 12.4 Å². The second-order valence-corrected chi connectivity index (χ2v) is 7.70. The standard InChI is InChI=1S/C18H21N5O3S/c1-10-8-14-12(9-13(10)25-2)15(26-11-6-4-3-5-7-11)16(27-14)17(24)19-18-20-22-23-21-18/h8-9,11H,3-7H2,1-2H3,(H2,19,20,21,22,23,24). The Bertz CT molecular complexity index is 948. The fourth-order valence-corrected chi connectivity index (χ4v) is 4.52. The number of rotatable bonds is 5. The third-order valence-electron chi connectivity index (χ3n) is 4.77. The van der Waals surface area contributed by atoms with E-state index in [1.165, 1.54) is 17.8 Å². The highest BCUT2D eigenvalue weighted by molar-refractivity contribution is 7.21. The number of aromatic amines is 1. The van der Waals surface area contributed by atoms with Crippen molar-refractivity contribution in [1.82, 2.24) is 20.6 Å². The lowest BCUT2D eigenvalue weighted by molar-refractivity contribution is 0.101. The quantitative estimate of drug-likeness (QED) is 0.692. The van der Waals surface area contributed by atoms with Gasteiger partial charge in [0.2, 0.25) is 0 Å². The van der Waals surface area contributed by atoms with E-state index in [9.17, 15) is 4.79 Å². The number of carbonyl (C=O) groups excluding carboxylic acids is 1. The number of aryl methyl sites for hydroxylation is 1. The van der Waals surface area contributed by atoms with Gasteiger partial charge < -0.3 is 9.47 Å². The maximum absolute atomic E-state index is 12.8. The molecule has 142 valence electrons. The van der Waals surface area contributed by atoms with Crippen molar-refractivity contribution in [3.8, 4) is 11.5 Å². The molecule has 9 heteroatoms. The number of anilines is 1. The summed E-state index contributed by atoms with van der Waals surface area (Å²) in [5, 5.41) is 16.9. The first-order valence-electron chi connectivity index (χ1n) is 8.98. The molecule has 2 aromatic heterocycles. The Morgan fingerprint density at radius 2 is 2.11 bits per heavy atom. The van der Waals surface area contributed by atoms with Gasteiger partial charge in [0.25, 0.3) is 11.9 Å². The van der Waals surface area contributed by atoms with Crippen LogP contribution in [-0.2, 0) is 0 Å². The smallest absolute Gasteiger partial charge is 0.272 e. The Labute approximate surface area is 160 Å². The lowest BCUT2D eigenvalue weighted by atomic mass is 9.98. The molecule has 0 atom stereocenters. The van der Waals surface area contributed by atoms with Gasteiger partial charge in [-0.05, 0) is 55.5 Å². The number of amides is 1. The van der Waals surface area contributed by atoms with Crippen LogP contribution in [0.1, 0.15) is 47.3 Å². The van der Waals surface area contributed by atoms with Crippen LogP contribution in [0.5, 0.6) is 11.5 Å². The van der Waals surface area contributed by atoms with E-state index in [0.29, 0.717) is 10.6 Å². The summed E-state index contributed by atoms with van der Waals surface area (Å²) in [4.78, 5) is 13.4. The molecule has 2 N–H and O–H groups in total. The van der Waals surface area contributed by atoms with Gasteiger partial charge in [-0.25, -0.2) is 0 Å². The van der Waals surface area contributed by atoms with E-state index in [-0.39, 0.29) is 18.0 Å². The number of hydrogen-bond donors (Lipinski definition) is 2. The summed E-state index contributed by atoms with van der Waals surface area (Å²) in [7, 11) is 1.64. The topological polar surface area (TPSA) is 102 Å². The van der Waals surface area contributed by atoms with Crippen LogP contribution < -0.4 is 14.8 Å². The molecule has 4 rings (SSSR count). The fraction of sp³-hybridized carbons (Fsp3) is 0.444. The van der Waals surface area contributed by atoms with Crippen molar-refractivity contribution in [1.29, 1.82) is 0 Å². The van der Waals surface area contributed by atoms with Crippen molar-refractivity contribution in [2.24, 2.45) is 0 Å². The van der Waals surface area contributed by atoms with Gasteiger partial charge in [-0.2, -0.15) is 5.21 Å². The molecule has 0 unspecified atom stereocenters. The molecule has 0 radical (unpaired) electrons. The fourth-order valence-electron chi connectivity index (χ4n) is 3.41. The molecule has 1 saturated carbocycles. The monoisotopic (exact) mass is 387 g/mol. The number of fused-ring (bicyclic) bond motifs is 1. The molecule has 1 aromatic carbocycles. The van der Waals surface area contributed by atoms with Crippen molar-refractivity contribution in [3.63, 3.8) is 0 Å². The van der Waals surface area contributed by atoms with Crippen LogP contribution in [0.4, 0.5) is 5.95 Å². The Balaban J connectivity index is 1.75. The van der Waals surface area contributed by atoms with Gasteiger partial charge in [0, 0.05) is 10.1 Å². The second kappa shape index (κ2) is 7.51. The molecule has 0 aliphatic heterocycles. The SMILES string of the molecule is COc1cc2c(OC3CCCCC3)c(C(=O)Nc3nn[nH]n3)sc2cc1C. The van der Waals surface area contributed by atoms with E-state index in [4.69, 9.17) is 9.47 Å². The number of H-pyrrole nitrogens is 1. The highest BCUT2D eigenvalue weighted by Crippen LogP contribution is 2.42. The third-order valence-corrected chi connectivity index (χ3v) is 5.91. The summed E-state index contributed by atoms with van der Waals surface area (Å²) in [6.45, 7) is 1.98. The van der Waals surface area contributed by atoms with Crippen LogP contribution in [0.15, 0.2) is 12.1 Å². The number of methoxy groups -OCH3 is 1. The van der Waals surface area contributed by atoms with Crippen LogP contribution in [0.25, 0.3) is 10.1 Å². The van der Waals surface area contributed by atoms with Crippen LogP contribution in [0.3, 0.4) is 0 Å². The molecule has 0 bridgehead atoms. The molecular formula is C18H21N5O3S. The highest BCUT2D eigenvalue weighted by atomic mass is 32.1. The minimum absolute atomic E-state index is 0.126. The summed E-state index contributed by atoms with van der Waals surface area (Å²) in [5.41, 5.74) is 1.01. The zero-order valence-electron chi connectivity index (χ0n) is 15.2. The van der Waals surface area contributed by atoms with Crippen molar-refractivity contribution in [2.45, 2.75) is 45.1 Å². The molecule has 0 saturated heterocycles. The van der Waals surface area contributed by atoms with E-state index in [1.54, 1.807) is 7.11 Å². The molecular weight excluding hydrogens is 366 g/mol. The van der Waals surface area contributed by atoms with Gasteiger partial charge in [-0.3, -0.25) is 10.1 Å².